The first-order valence-electron chi connectivity index (χ1n) is 9.00. The van der Waals surface area contributed by atoms with E-state index in [9.17, 15) is 14.4 Å². The first-order valence-corrected chi connectivity index (χ1v) is 11.8. The lowest BCUT2D eigenvalue weighted by Crippen LogP contribution is -2.43. The Bertz CT molecular complexity index is 476. The number of hydrogen-bond acceptors (Lipinski definition) is 8. The van der Waals surface area contributed by atoms with Gasteiger partial charge in [0.15, 0.2) is 0 Å². The largest absolute Gasteiger partial charge is 0.480 e. The van der Waals surface area contributed by atoms with E-state index in [-0.39, 0.29) is 24.5 Å². The fourth-order valence-corrected chi connectivity index (χ4v) is 2.59. The van der Waals surface area contributed by atoms with Gasteiger partial charge >= 0.3 is 18.0 Å². The third kappa shape index (κ3) is 21.7. The molecule has 0 saturated carbocycles. The fourth-order valence-electron chi connectivity index (χ4n) is 1.63. The van der Waals surface area contributed by atoms with Crippen molar-refractivity contribution in [1.29, 1.82) is 0 Å². The molecule has 0 aromatic heterocycles. The smallest absolute Gasteiger partial charge is 0.408 e. The zero-order valence-corrected chi connectivity index (χ0v) is 20.8. The molecule has 29 heavy (non-hydrogen) atoms. The normalized spacial score (nSPS) is 12.6. The van der Waals surface area contributed by atoms with E-state index >= 15 is 0 Å². The Morgan fingerprint density at radius 3 is 1.93 bits per heavy atom. The summed E-state index contributed by atoms with van der Waals surface area (Å²) in [5.41, 5.74) is 4.95. The molecule has 174 valence electrons. The lowest BCUT2D eigenvalue weighted by atomic mass is 10.2. The van der Waals surface area contributed by atoms with Gasteiger partial charge in [0.05, 0.1) is 6.10 Å². The maximum atomic E-state index is 11.3. The number of alkyl carbamates (subject to hydrolysis) is 1. The van der Waals surface area contributed by atoms with Gasteiger partial charge in [0.2, 0.25) is 0 Å². The van der Waals surface area contributed by atoms with Crippen molar-refractivity contribution < 1.29 is 29.0 Å². The molecule has 0 bridgehead atoms. The van der Waals surface area contributed by atoms with Gasteiger partial charge in [-0.05, 0) is 71.5 Å². The van der Waals surface area contributed by atoms with Gasteiger partial charge in [-0.1, -0.05) is 0 Å². The minimum Gasteiger partial charge on any atom is -0.480 e. The van der Waals surface area contributed by atoms with E-state index in [1.165, 1.54) is 11.8 Å². The molecule has 0 heterocycles. The summed E-state index contributed by atoms with van der Waals surface area (Å²) in [6, 6.07) is -1.35. The molecular formula is C18H37ClN2O6S2. The first kappa shape index (κ1) is 32.8. The number of esters is 1. The number of rotatable bonds is 10. The molecule has 0 aromatic rings. The van der Waals surface area contributed by atoms with Crippen LogP contribution in [0.5, 0.6) is 0 Å². The van der Waals surface area contributed by atoms with E-state index in [1.807, 2.05) is 26.4 Å². The van der Waals surface area contributed by atoms with Gasteiger partial charge in [0, 0.05) is 0 Å². The molecule has 0 aliphatic carbocycles. The van der Waals surface area contributed by atoms with Crippen molar-refractivity contribution in [3.8, 4) is 0 Å². The molecule has 0 saturated heterocycles. The van der Waals surface area contributed by atoms with Crippen LogP contribution in [0.3, 0.4) is 0 Å². The Morgan fingerprint density at radius 1 is 1.07 bits per heavy atom. The zero-order valence-electron chi connectivity index (χ0n) is 18.4. The van der Waals surface area contributed by atoms with Gasteiger partial charge in [-0.3, -0.25) is 4.79 Å². The van der Waals surface area contributed by atoms with E-state index in [0.29, 0.717) is 18.6 Å². The molecule has 4 N–H and O–H groups in total. The third-order valence-electron chi connectivity index (χ3n) is 2.89. The van der Waals surface area contributed by atoms with Gasteiger partial charge in [-0.2, -0.15) is 23.5 Å². The highest BCUT2D eigenvalue weighted by atomic mass is 35.5. The van der Waals surface area contributed by atoms with Crippen LogP contribution in [0.25, 0.3) is 0 Å². The number of thioether (sulfide) groups is 2. The standard InChI is InChI=1S/C10H19NO4S.C8H17NO2S.ClH/c1-10(2,3)15-9(14)11-7(8(12)13)5-6-16-4;1-6(2)11-8(10)7(9)4-5-12-3;/h7H,5-6H2,1-4H3,(H,11,14)(H,12,13);6-7H,4-5,9H2,1-3H3;1H. The summed E-state index contributed by atoms with van der Waals surface area (Å²) in [7, 11) is 0. The van der Waals surface area contributed by atoms with Gasteiger partial charge in [0.25, 0.3) is 0 Å². The van der Waals surface area contributed by atoms with Crippen molar-refractivity contribution in [2.24, 2.45) is 5.73 Å². The average Bonchev–Trinajstić information content (AvgIpc) is 2.54. The first-order chi connectivity index (χ1) is 12.8. The van der Waals surface area contributed by atoms with E-state index in [2.05, 4.69) is 5.32 Å². The van der Waals surface area contributed by atoms with Crippen LogP contribution in [-0.4, -0.2) is 70.9 Å². The predicted octanol–water partition coefficient (Wildman–Crippen LogP) is 3.16. The van der Waals surface area contributed by atoms with E-state index in [0.717, 1.165) is 5.75 Å². The van der Waals surface area contributed by atoms with E-state index in [1.54, 1.807) is 32.5 Å². The highest BCUT2D eigenvalue weighted by Gasteiger charge is 2.23. The van der Waals surface area contributed by atoms with Crippen LogP contribution >= 0.6 is 35.9 Å². The van der Waals surface area contributed by atoms with Crippen LogP contribution in [-0.2, 0) is 19.1 Å². The quantitative estimate of drug-likeness (QED) is 0.407. The molecule has 0 aliphatic rings. The second-order valence-electron chi connectivity index (χ2n) is 7.19. The van der Waals surface area contributed by atoms with Crippen LogP contribution in [0, 0.1) is 0 Å². The molecule has 0 rings (SSSR count). The SMILES string of the molecule is CSCCC(N)C(=O)OC(C)C.CSCCC(NC(=O)OC(C)(C)C)C(=O)O.Cl. The monoisotopic (exact) mass is 476 g/mol. The van der Waals surface area contributed by atoms with Crippen LogP contribution in [0.4, 0.5) is 4.79 Å². The third-order valence-corrected chi connectivity index (χ3v) is 4.18. The number of carbonyl (C=O) groups is 3. The van der Waals surface area contributed by atoms with Crippen molar-refractivity contribution in [2.45, 2.75) is 71.2 Å². The minimum absolute atomic E-state index is 0. The molecule has 2 unspecified atom stereocenters. The predicted molar refractivity (Wildman–Crippen MR) is 123 cm³/mol. The summed E-state index contributed by atoms with van der Waals surface area (Å²) < 4.78 is 9.91. The fraction of sp³-hybridized carbons (Fsp3) is 0.833. The maximum absolute atomic E-state index is 11.3. The van der Waals surface area contributed by atoms with Crippen LogP contribution < -0.4 is 11.1 Å². The number of ether oxygens (including phenoxy) is 2. The number of aliphatic carboxylic acids is 1. The Hall–Kier alpha value is -0.840. The summed E-state index contributed by atoms with van der Waals surface area (Å²) in [6.45, 7) is 8.82. The number of amides is 1. The molecule has 0 radical (unpaired) electrons. The Labute approximate surface area is 189 Å². The minimum atomic E-state index is -1.04. The molecule has 0 fully saturated rings. The zero-order chi connectivity index (χ0) is 22.3. The van der Waals surface area contributed by atoms with Gasteiger partial charge < -0.3 is 25.6 Å². The topological polar surface area (TPSA) is 128 Å². The van der Waals surface area contributed by atoms with Gasteiger partial charge in [-0.15, -0.1) is 12.4 Å². The van der Waals surface area contributed by atoms with Crippen molar-refractivity contribution in [2.75, 3.05) is 24.0 Å². The summed E-state index contributed by atoms with van der Waals surface area (Å²) in [5, 5.41) is 11.2. The summed E-state index contributed by atoms with van der Waals surface area (Å²) in [5.74, 6) is 0.236. The number of halogens is 1. The second kappa shape index (κ2) is 18.0. The molecule has 11 heteroatoms. The number of carboxylic acid groups (broad SMARTS) is 1. The summed E-state index contributed by atoms with van der Waals surface area (Å²) in [6.07, 6.45) is 4.17. The molecule has 8 nitrogen and oxygen atoms in total. The Morgan fingerprint density at radius 2 is 1.55 bits per heavy atom. The van der Waals surface area contributed by atoms with E-state index < -0.39 is 29.7 Å². The average molecular weight is 477 g/mol. The Balaban J connectivity index is -0.000000468. The number of carboxylic acids is 1. The molecule has 2 atom stereocenters. The van der Waals surface area contributed by atoms with Crippen LogP contribution in [0.15, 0.2) is 0 Å². The number of hydrogen-bond donors (Lipinski definition) is 3. The molecule has 1 amide bonds. The number of nitrogens with one attached hydrogen (secondary N) is 1. The number of carbonyl (C=O) groups excluding carboxylic acids is 2. The van der Waals surface area contributed by atoms with E-state index in [4.69, 9.17) is 20.3 Å². The summed E-state index contributed by atoms with van der Waals surface area (Å²) in [4.78, 5) is 33.3. The van der Waals surface area contributed by atoms with Crippen LogP contribution in [0.2, 0.25) is 0 Å². The lowest BCUT2D eigenvalue weighted by Gasteiger charge is -2.21. The van der Waals surface area contributed by atoms with Crippen LogP contribution in [0.1, 0.15) is 47.5 Å². The Kier molecular flexibility index (Phi) is 20.3. The highest BCUT2D eigenvalue weighted by Crippen LogP contribution is 2.08. The summed E-state index contributed by atoms with van der Waals surface area (Å²) >= 11 is 3.21. The number of nitrogens with two attached hydrogens (primary N) is 1. The molecule has 0 spiro atoms. The van der Waals surface area contributed by atoms with Crippen molar-refractivity contribution >= 4 is 54.0 Å². The van der Waals surface area contributed by atoms with Crippen molar-refractivity contribution in [1.82, 2.24) is 5.32 Å². The maximum Gasteiger partial charge on any atom is 0.408 e. The lowest BCUT2D eigenvalue weighted by molar-refractivity contribution is -0.149. The molecule has 0 aliphatic heterocycles. The van der Waals surface area contributed by atoms with Crippen molar-refractivity contribution in [3.63, 3.8) is 0 Å². The highest BCUT2D eigenvalue weighted by molar-refractivity contribution is 7.98. The second-order valence-corrected chi connectivity index (χ2v) is 9.16. The van der Waals surface area contributed by atoms with Crippen molar-refractivity contribution in [3.05, 3.63) is 0 Å². The van der Waals surface area contributed by atoms with Gasteiger partial charge in [-0.25, -0.2) is 9.59 Å². The molecular weight excluding hydrogens is 440 g/mol. The van der Waals surface area contributed by atoms with Gasteiger partial charge in [0.1, 0.15) is 17.7 Å². The molecule has 0 aromatic carbocycles.